The second-order valence-corrected chi connectivity index (χ2v) is 4.92. The molecule has 0 aliphatic rings. The Morgan fingerprint density at radius 1 is 1.38 bits per heavy atom. The van der Waals surface area contributed by atoms with E-state index in [0.29, 0.717) is 12.1 Å². The first kappa shape index (κ1) is 13.5. The van der Waals surface area contributed by atoms with E-state index in [1.165, 1.54) is 6.07 Å². The van der Waals surface area contributed by atoms with Crippen LogP contribution in [0.5, 0.6) is 0 Å². The molecule has 0 radical (unpaired) electrons. The van der Waals surface area contributed by atoms with Gasteiger partial charge in [-0.05, 0) is 18.6 Å². The summed E-state index contributed by atoms with van der Waals surface area (Å²) in [6.45, 7) is 2.06. The zero-order valence-corrected chi connectivity index (χ0v) is 10.5. The number of alkyl halides is 4. The standard InChI is InChI=1S/C11H13BrF3N/c1-2-3-9(12)6-10-5-4-8(7-16-10)11(13,14)15/h4-5,7,9H,2-3,6H2,1H3. The summed E-state index contributed by atoms with van der Waals surface area (Å²) in [5.41, 5.74) is -0.0128. The fraction of sp³-hybridized carbons (Fsp3) is 0.545. The molecule has 0 N–H and O–H groups in total. The van der Waals surface area contributed by atoms with Gasteiger partial charge in [0.2, 0.25) is 0 Å². The molecule has 0 aromatic carbocycles. The van der Waals surface area contributed by atoms with Gasteiger partial charge >= 0.3 is 6.18 Å². The lowest BCUT2D eigenvalue weighted by atomic mass is 10.1. The molecule has 1 rings (SSSR count). The number of rotatable bonds is 4. The number of nitrogens with zero attached hydrogens (tertiary/aromatic N) is 1. The van der Waals surface area contributed by atoms with Crippen LogP contribution in [0.2, 0.25) is 0 Å². The first-order valence-electron chi connectivity index (χ1n) is 5.09. The minimum Gasteiger partial charge on any atom is -0.261 e. The van der Waals surface area contributed by atoms with E-state index in [9.17, 15) is 13.2 Å². The second kappa shape index (κ2) is 5.66. The number of aromatic nitrogens is 1. The van der Waals surface area contributed by atoms with E-state index in [2.05, 4.69) is 27.8 Å². The van der Waals surface area contributed by atoms with Crippen LogP contribution >= 0.6 is 15.9 Å². The fourth-order valence-corrected chi connectivity index (χ4v) is 2.14. The Morgan fingerprint density at radius 2 is 2.06 bits per heavy atom. The van der Waals surface area contributed by atoms with Gasteiger partial charge in [-0.1, -0.05) is 29.3 Å². The zero-order chi connectivity index (χ0) is 12.2. The lowest BCUT2D eigenvalue weighted by Gasteiger charge is -2.09. The summed E-state index contributed by atoms with van der Waals surface area (Å²) in [6, 6.07) is 2.51. The molecule has 1 nitrogen and oxygen atoms in total. The average molecular weight is 296 g/mol. The van der Waals surface area contributed by atoms with Crippen LogP contribution in [0.25, 0.3) is 0 Å². The van der Waals surface area contributed by atoms with Crippen molar-refractivity contribution >= 4 is 15.9 Å². The van der Waals surface area contributed by atoms with Gasteiger partial charge in [0, 0.05) is 23.1 Å². The van der Waals surface area contributed by atoms with Gasteiger partial charge in [0.25, 0.3) is 0 Å². The van der Waals surface area contributed by atoms with E-state index in [1.54, 1.807) is 0 Å². The number of hydrogen-bond acceptors (Lipinski definition) is 1. The van der Waals surface area contributed by atoms with Crippen molar-refractivity contribution in [3.8, 4) is 0 Å². The van der Waals surface area contributed by atoms with Gasteiger partial charge in [0.1, 0.15) is 0 Å². The molecule has 1 aromatic rings. The van der Waals surface area contributed by atoms with Crippen LogP contribution in [0.1, 0.15) is 31.0 Å². The molecule has 1 unspecified atom stereocenters. The SMILES string of the molecule is CCCC(Br)Cc1ccc(C(F)(F)F)cn1. The first-order valence-corrected chi connectivity index (χ1v) is 6.01. The minimum absolute atomic E-state index is 0.279. The van der Waals surface area contributed by atoms with Crippen LogP contribution in [0.15, 0.2) is 18.3 Å². The van der Waals surface area contributed by atoms with Gasteiger partial charge in [0.15, 0.2) is 0 Å². The smallest absolute Gasteiger partial charge is 0.261 e. The highest BCUT2D eigenvalue weighted by Crippen LogP contribution is 2.28. The summed E-state index contributed by atoms with van der Waals surface area (Å²) in [5.74, 6) is 0. The zero-order valence-electron chi connectivity index (χ0n) is 8.89. The third-order valence-corrected chi connectivity index (χ3v) is 2.97. The number of hydrogen-bond donors (Lipinski definition) is 0. The maximum absolute atomic E-state index is 12.3. The van der Waals surface area contributed by atoms with E-state index in [0.717, 1.165) is 25.1 Å². The van der Waals surface area contributed by atoms with Crippen LogP contribution < -0.4 is 0 Å². The van der Waals surface area contributed by atoms with E-state index < -0.39 is 11.7 Å². The molecule has 1 aromatic heterocycles. The lowest BCUT2D eigenvalue weighted by molar-refractivity contribution is -0.137. The van der Waals surface area contributed by atoms with E-state index >= 15 is 0 Å². The van der Waals surface area contributed by atoms with E-state index in [4.69, 9.17) is 0 Å². The molecule has 90 valence electrons. The van der Waals surface area contributed by atoms with Crippen molar-refractivity contribution in [2.45, 2.75) is 37.2 Å². The predicted octanol–water partition coefficient (Wildman–Crippen LogP) is 4.21. The topological polar surface area (TPSA) is 12.9 Å². The quantitative estimate of drug-likeness (QED) is 0.759. The van der Waals surface area contributed by atoms with Crippen molar-refractivity contribution in [2.24, 2.45) is 0 Å². The highest BCUT2D eigenvalue weighted by Gasteiger charge is 2.30. The molecular weight excluding hydrogens is 283 g/mol. The fourth-order valence-electron chi connectivity index (χ4n) is 1.36. The maximum Gasteiger partial charge on any atom is 0.417 e. The largest absolute Gasteiger partial charge is 0.417 e. The van der Waals surface area contributed by atoms with Gasteiger partial charge in [-0.15, -0.1) is 0 Å². The van der Waals surface area contributed by atoms with Crippen molar-refractivity contribution in [1.82, 2.24) is 4.98 Å². The Balaban J connectivity index is 2.65. The van der Waals surface area contributed by atoms with Gasteiger partial charge < -0.3 is 0 Å². The van der Waals surface area contributed by atoms with Crippen LogP contribution in [-0.4, -0.2) is 9.81 Å². The van der Waals surface area contributed by atoms with Gasteiger partial charge in [-0.25, -0.2) is 0 Å². The summed E-state index contributed by atoms with van der Waals surface area (Å²) < 4.78 is 36.8. The van der Waals surface area contributed by atoms with Crippen molar-refractivity contribution in [3.05, 3.63) is 29.6 Å². The Bertz CT molecular complexity index is 321. The normalized spacial score (nSPS) is 13.8. The molecule has 16 heavy (non-hydrogen) atoms. The van der Waals surface area contributed by atoms with Crippen molar-refractivity contribution < 1.29 is 13.2 Å². The minimum atomic E-state index is -4.30. The van der Waals surface area contributed by atoms with Crippen LogP contribution in [0.3, 0.4) is 0 Å². The third-order valence-electron chi connectivity index (χ3n) is 2.18. The summed E-state index contributed by atoms with van der Waals surface area (Å²) in [6.07, 6.45) is -0.727. The monoisotopic (exact) mass is 295 g/mol. The summed E-state index contributed by atoms with van der Waals surface area (Å²) in [4.78, 5) is 4.10. The van der Waals surface area contributed by atoms with E-state index in [-0.39, 0.29) is 4.83 Å². The molecule has 1 atom stereocenters. The molecule has 1 heterocycles. The molecule has 0 fully saturated rings. The molecule has 0 amide bonds. The molecule has 0 saturated heterocycles. The summed E-state index contributed by atoms with van der Waals surface area (Å²) >= 11 is 3.47. The molecule has 0 saturated carbocycles. The van der Waals surface area contributed by atoms with Crippen molar-refractivity contribution in [2.75, 3.05) is 0 Å². The van der Waals surface area contributed by atoms with Gasteiger partial charge in [-0.3, -0.25) is 4.98 Å². The molecule has 0 aliphatic heterocycles. The van der Waals surface area contributed by atoms with Gasteiger partial charge in [0.05, 0.1) is 5.56 Å². The molecule has 5 heteroatoms. The van der Waals surface area contributed by atoms with Crippen LogP contribution in [0.4, 0.5) is 13.2 Å². The number of pyridine rings is 1. The Morgan fingerprint density at radius 3 is 2.50 bits per heavy atom. The maximum atomic E-state index is 12.3. The second-order valence-electron chi connectivity index (χ2n) is 3.63. The van der Waals surface area contributed by atoms with E-state index in [1.807, 2.05) is 0 Å². The highest BCUT2D eigenvalue weighted by molar-refractivity contribution is 9.09. The molecule has 0 spiro atoms. The molecule has 0 aliphatic carbocycles. The predicted molar refractivity (Wildman–Crippen MR) is 60.6 cm³/mol. The first-order chi connectivity index (χ1) is 7.43. The Labute approximate surface area is 101 Å². The van der Waals surface area contributed by atoms with Crippen LogP contribution in [-0.2, 0) is 12.6 Å². The molecular formula is C11H13BrF3N. The van der Waals surface area contributed by atoms with Crippen molar-refractivity contribution in [1.29, 1.82) is 0 Å². The highest BCUT2D eigenvalue weighted by atomic mass is 79.9. The Kier molecular flexibility index (Phi) is 4.77. The Hall–Kier alpha value is -0.580. The average Bonchev–Trinajstić information content (AvgIpc) is 2.17. The molecule has 0 bridgehead atoms. The van der Waals surface area contributed by atoms with Crippen LogP contribution in [0, 0.1) is 0 Å². The van der Waals surface area contributed by atoms with Crippen molar-refractivity contribution in [3.63, 3.8) is 0 Å². The lowest BCUT2D eigenvalue weighted by Crippen LogP contribution is -2.08. The summed E-state index contributed by atoms with van der Waals surface area (Å²) in [7, 11) is 0. The summed E-state index contributed by atoms with van der Waals surface area (Å²) in [5, 5.41) is 0. The van der Waals surface area contributed by atoms with Gasteiger partial charge in [-0.2, -0.15) is 13.2 Å². The number of halogens is 4. The third kappa shape index (κ3) is 4.12.